The Morgan fingerprint density at radius 1 is 1.21 bits per heavy atom. The smallest absolute Gasteiger partial charge is 0.274 e. The minimum atomic E-state index is -1.20. The van der Waals surface area contributed by atoms with Crippen molar-refractivity contribution < 1.29 is 14.6 Å². The number of piperazine rings is 1. The fraction of sp³-hybridized carbons (Fsp3) is 0.484. The molecule has 1 aliphatic heterocycles. The van der Waals surface area contributed by atoms with Gasteiger partial charge in [0.2, 0.25) is 0 Å². The van der Waals surface area contributed by atoms with Crippen LogP contribution in [0.15, 0.2) is 42.7 Å². The maximum atomic E-state index is 13.4. The number of anilines is 1. The fourth-order valence-electron chi connectivity index (χ4n) is 6.49. The summed E-state index contributed by atoms with van der Waals surface area (Å²) in [7, 11) is 1.76. The van der Waals surface area contributed by atoms with Crippen LogP contribution in [0.2, 0.25) is 0 Å². The number of methoxy groups -OCH3 is 1. The van der Waals surface area contributed by atoms with Crippen LogP contribution < -0.4 is 10.6 Å². The molecule has 0 spiro atoms. The van der Waals surface area contributed by atoms with Crippen LogP contribution in [0.25, 0.3) is 16.4 Å². The summed E-state index contributed by atoms with van der Waals surface area (Å²) in [6.07, 6.45) is 7.86. The summed E-state index contributed by atoms with van der Waals surface area (Å²) in [5.41, 5.74) is 2.10. The molecule has 1 amide bonds. The van der Waals surface area contributed by atoms with Gasteiger partial charge in [0, 0.05) is 61.7 Å². The number of nitrogens with zero attached hydrogens (tertiary/aromatic N) is 6. The van der Waals surface area contributed by atoms with E-state index in [1.54, 1.807) is 39.2 Å². The summed E-state index contributed by atoms with van der Waals surface area (Å²) in [6.45, 7) is 7.24. The van der Waals surface area contributed by atoms with Crippen molar-refractivity contribution in [3.63, 3.8) is 0 Å². The van der Waals surface area contributed by atoms with Gasteiger partial charge in [0.25, 0.3) is 5.91 Å². The lowest BCUT2D eigenvalue weighted by Gasteiger charge is -2.41. The molecule has 0 unspecified atom stereocenters. The largest absolute Gasteiger partial charge is 0.386 e. The first-order valence-electron chi connectivity index (χ1n) is 14.6. The Morgan fingerprint density at radius 3 is 2.74 bits per heavy atom. The Hall–Kier alpha value is -3.82. The summed E-state index contributed by atoms with van der Waals surface area (Å²) in [4.78, 5) is 16.0. The molecular formula is C31H38N8O3. The number of aromatic nitrogens is 4. The molecule has 4 aromatic rings. The highest BCUT2D eigenvalue weighted by atomic mass is 16.5. The molecule has 1 saturated heterocycles. The van der Waals surface area contributed by atoms with E-state index in [1.165, 1.54) is 10.7 Å². The van der Waals surface area contributed by atoms with Crippen molar-refractivity contribution in [2.45, 2.75) is 63.3 Å². The lowest BCUT2D eigenvalue weighted by atomic mass is 9.89. The van der Waals surface area contributed by atoms with Gasteiger partial charge in [-0.3, -0.25) is 14.4 Å². The van der Waals surface area contributed by atoms with E-state index in [2.05, 4.69) is 37.6 Å². The first-order chi connectivity index (χ1) is 20.2. The maximum absolute atomic E-state index is 13.4. The minimum absolute atomic E-state index is 0.312. The Morgan fingerprint density at radius 2 is 2.00 bits per heavy atom. The van der Waals surface area contributed by atoms with Gasteiger partial charge in [-0.2, -0.15) is 15.5 Å². The number of aliphatic hydroxyl groups is 1. The van der Waals surface area contributed by atoms with Gasteiger partial charge in [-0.1, -0.05) is 0 Å². The maximum Gasteiger partial charge on any atom is 0.274 e. The number of rotatable bonds is 7. The SMILES string of the molecule is COC[C@H]1CN(C2CCC(n3cc4cc(NC(=O)c5ccc6cc(C#N)cnn56)c(C(C)(C)O)cc4n3)CC2)CCN1. The van der Waals surface area contributed by atoms with Crippen molar-refractivity contribution in [1.82, 2.24) is 29.6 Å². The lowest BCUT2D eigenvalue weighted by Crippen LogP contribution is -2.55. The third kappa shape index (κ3) is 5.63. The summed E-state index contributed by atoms with van der Waals surface area (Å²) >= 11 is 0. The molecule has 3 N–H and O–H groups in total. The molecule has 1 aliphatic carbocycles. The zero-order chi connectivity index (χ0) is 29.4. The second-order valence-electron chi connectivity index (χ2n) is 12.1. The molecule has 42 heavy (non-hydrogen) atoms. The zero-order valence-corrected chi connectivity index (χ0v) is 24.4. The van der Waals surface area contributed by atoms with Crippen LogP contribution in [0.1, 0.15) is 67.2 Å². The molecule has 3 aromatic heterocycles. The van der Waals surface area contributed by atoms with E-state index in [0.717, 1.165) is 62.8 Å². The van der Waals surface area contributed by atoms with Crippen LogP contribution >= 0.6 is 0 Å². The Balaban J connectivity index is 1.21. The number of amides is 1. The molecule has 2 aliphatic rings. The predicted octanol–water partition coefficient (Wildman–Crippen LogP) is 3.44. The number of hydrogen-bond donors (Lipinski definition) is 3. The Labute approximate surface area is 245 Å². The number of carbonyl (C=O) groups is 1. The van der Waals surface area contributed by atoms with Gasteiger partial charge >= 0.3 is 0 Å². The number of benzene rings is 1. The molecule has 11 heteroatoms. The Kier molecular flexibility index (Phi) is 7.72. The number of nitrogens with one attached hydrogen (secondary N) is 2. The zero-order valence-electron chi connectivity index (χ0n) is 24.4. The second kappa shape index (κ2) is 11.5. The van der Waals surface area contributed by atoms with E-state index in [4.69, 9.17) is 15.1 Å². The highest BCUT2D eigenvalue weighted by Crippen LogP contribution is 2.35. The standard InChI is InChI=1S/C31H38N8O3/c1-31(2,41)26-14-27-21(13-28(26)35-30(40)29-9-8-25-12-20(15-32)16-34-39(25)29)17-38(36-27)24-6-4-23(5-7-24)37-11-10-33-22(18-37)19-42-3/h8-9,12-14,16-17,22-24,33,41H,4-7,10-11,18-19H2,1-3H3,(H,35,40)/t22-,23?,24?/m1/s1. The lowest BCUT2D eigenvalue weighted by molar-refractivity contribution is 0.0712. The van der Waals surface area contributed by atoms with E-state index in [0.29, 0.717) is 46.2 Å². The quantitative estimate of drug-likeness (QED) is 0.308. The normalized spacial score (nSPS) is 21.9. The predicted molar refractivity (Wildman–Crippen MR) is 159 cm³/mol. The Bertz CT molecular complexity index is 1640. The molecule has 0 bridgehead atoms. The van der Waals surface area contributed by atoms with Crippen molar-refractivity contribution >= 4 is 28.0 Å². The number of nitriles is 1. The highest BCUT2D eigenvalue weighted by Gasteiger charge is 2.31. The highest BCUT2D eigenvalue weighted by molar-refractivity contribution is 6.05. The first-order valence-corrected chi connectivity index (χ1v) is 14.6. The molecular weight excluding hydrogens is 532 g/mol. The van der Waals surface area contributed by atoms with Gasteiger partial charge in [-0.15, -0.1) is 0 Å². The van der Waals surface area contributed by atoms with Gasteiger partial charge in [0.15, 0.2) is 0 Å². The molecule has 1 saturated carbocycles. The number of fused-ring (bicyclic) bond motifs is 2. The molecule has 11 nitrogen and oxygen atoms in total. The summed E-state index contributed by atoms with van der Waals surface area (Å²) in [6, 6.07) is 12.2. The van der Waals surface area contributed by atoms with Crippen molar-refractivity contribution in [3.05, 3.63) is 59.5 Å². The van der Waals surface area contributed by atoms with Gasteiger partial charge in [-0.05, 0) is 69.9 Å². The van der Waals surface area contributed by atoms with Gasteiger partial charge in [-0.25, -0.2) is 4.52 Å². The number of ether oxygens (including phenoxy) is 1. The molecule has 2 fully saturated rings. The van der Waals surface area contributed by atoms with Gasteiger partial charge in [0.1, 0.15) is 11.8 Å². The molecule has 4 heterocycles. The average Bonchev–Trinajstić information content (AvgIpc) is 3.60. The van der Waals surface area contributed by atoms with Crippen molar-refractivity contribution in [3.8, 4) is 6.07 Å². The fourth-order valence-corrected chi connectivity index (χ4v) is 6.49. The molecule has 6 rings (SSSR count). The average molecular weight is 571 g/mol. The van der Waals surface area contributed by atoms with Crippen LogP contribution in [-0.2, 0) is 10.3 Å². The van der Waals surface area contributed by atoms with E-state index in [1.807, 2.05) is 12.1 Å². The minimum Gasteiger partial charge on any atom is -0.386 e. The molecule has 1 aromatic carbocycles. The van der Waals surface area contributed by atoms with Crippen molar-refractivity contribution in [1.29, 1.82) is 5.26 Å². The second-order valence-corrected chi connectivity index (χ2v) is 12.1. The monoisotopic (exact) mass is 570 g/mol. The summed E-state index contributed by atoms with van der Waals surface area (Å²) in [5.74, 6) is -0.358. The number of carbonyl (C=O) groups excluding carboxylic acids is 1. The van der Waals surface area contributed by atoms with Crippen LogP contribution in [0.5, 0.6) is 0 Å². The van der Waals surface area contributed by atoms with E-state index in [-0.39, 0.29) is 5.91 Å². The van der Waals surface area contributed by atoms with E-state index < -0.39 is 5.60 Å². The number of hydrogen-bond acceptors (Lipinski definition) is 8. The van der Waals surface area contributed by atoms with Crippen LogP contribution in [-0.4, -0.2) is 80.7 Å². The third-order valence-corrected chi connectivity index (χ3v) is 8.64. The van der Waals surface area contributed by atoms with E-state index >= 15 is 0 Å². The van der Waals surface area contributed by atoms with Crippen LogP contribution in [0.4, 0.5) is 5.69 Å². The molecule has 220 valence electrons. The third-order valence-electron chi connectivity index (χ3n) is 8.64. The van der Waals surface area contributed by atoms with E-state index in [9.17, 15) is 9.90 Å². The molecule has 0 radical (unpaired) electrons. The van der Waals surface area contributed by atoms with Crippen LogP contribution in [0.3, 0.4) is 0 Å². The van der Waals surface area contributed by atoms with Crippen molar-refractivity contribution in [2.24, 2.45) is 0 Å². The summed E-state index contributed by atoms with van der Waals surface area (Å²) in [5, 5.41) is 36.8. The van der Waals surface area contributed by atoms with Gasteiger partial charge in [0.05, 0.1) is 41.0 Å². The first kappa shape index (κ1) is 28.3. The van der Waals surface area contributed by atoms with Crippen molar-refractivity contribution in [2.75, 3.05) is 38.7 Å². The van der Waals surface area contributed by atoms with Crippen LogP contribution in [0, 0.1) is 11.3 Å². The summed E-state index contributed by atoms with van der Waals surface area (Å²) < 4.78 is 8.95. The van der Waals surface area contributed by atoms with Gasteiger partial charge < -0.3 is 20.5 Å². The molecule has 1 atom stereocenters. The topological polar surface area (TPSA) is 133 Å².